The van der Waals surface area contributed by atoms with Crippen molar-refractivity contribution < 1.29 is 14.3 Å². The molecule has 3 heteroatoms. The smallest absolute Gasteiger partial charge is 0.334 e. The quantitative estimate of drug-likeness (QED) is 0.476. The molecule has 0 spiro atoms. The van der Waals surface area contributed by atoms with Crippen molar-refractivity contribution >= 4 is 11.8 Å². The van der Waals surface area contributed by atoms with Crippen LogP contribution in [-0.2, 0) is 14.3 Å². The Hall–Kier alpha value is -1.12. The lowest BCUT2D eigenvalue weighted by atomic mass is 10.2. The van der Waals surface area contributed by atoms with E-state index < -0.39 is 12.1 Å². The number of ketones is 1. The molecular weight excluding hydrogens is 156 g/mol. The van der Waals surface area contributed by atoms with Crippen molar-refractivity contribution in [3.8, 4) is 0 Å². The Morgan fingerprint density at radius 2 is 1.83 bits per heavy atom. The molecule has 0 aliphatic heterocycles. The van der Waals surface area contributed by atoms with Gasteiger partial charge in [-0.3, -0.25) is 4.79 Å². The third kappa shape index (κ3) is 3.32. The first kappa shape index (κ1) is 10.9. The Morgan fingerprint density at radius 1 is 1.33 bits per heavy atom. The summed E-state index contributed by atoms with van der Waals surface area (Å²) < 4.78 is 4.81. The average Bonchev–Trinajstić information content (AvgIpc) is 2.02. The van der Waals surface area contributed by atoms with Crippen LogP contribution >= 0.6 is 0 Å². The second-order valence-corrected chi connectivity index (χ2v) is 2.63. The third-order valence-corrected chi connectivity index (χ3v) is 1.61. The number of hydrogen-bond acceptors (Lipinski definition) is 3. The van der Waals surface area contributed by atoms with E-state index in [-0.39, 0.29) is 5.78 Å². The molecule has 0 saturated carbocycles. The minimum absolute atomic E-state index is 0.146. The van der Waals surface area contributed by atoms with Crippen LogP contribution in [0.4, 0.5) is 0 Å². The maximum Gasteiger partial charge on any atom is 0.334 e. The van der Waals surface area contributed by atoms with Crippen molar-refractivity contribution in [2.75, 3.05) is 0 Å². The predicted octanol–water partition coefficient (Wildman–Crippen LogP) is 1.47. The van der Waals surface area contributed by atoms with Gasteiger partial charge in [0.15, 0.2) is 11.9 Å². The van der Waals surface area contributed by atoms with Crippen molar-refractivity contribution in [2.24, 2.45) is 0 Å². The van der Waals surface area contributed by atoms with Crippen LogP contribution in [0.2, 0.25) is 0 Å². The molecule has 0 amide bonds. The van der Waals surface area contributed by atoms with Crippen LogP contribution in [0.1, 0.15) is 27.7 Å². The van der Waals surface area contributed by atoms with Crippen LogP contribution in [0.3, 0.4) is 0 Å². The second kappa shape index (κ2) is 4.70. The summed E-state index contributed by atoms with van der Waals surface area (Å²) in [5, 5.41) is 0. The lowest BCUT2D eigenvalue weighted by Crippen LogP contribution is -2.22. The van der Waals surface area contributed by atoms with E-state index in [0.29, 0.717) is 5.57 Å². The van der Waals surface area contributed by atoms with E-state index >= 15 is 0 Å². The second-order valence-electron chi connectivity index (χ2n) is 2.63. The van der Waals surface area contributed by atoms with E-state index in [9.17, 15) is 9.59 Å². The Balaban J connectivity index is 4.11. The molecule has 0 N–H and O–H groups in total. The van der Waals surface area contributed by atoms with Gasteiger partial charge in [-0.25, -0.2) is 4.79 Å². The Morgan fingerprint density at radius 3 is 2.17 bits per heavy atom. The van der Waals surface area contributed by atoms with E-state index in [4.69, 9.17) is 4.74 Å². The fourth-order valence-electron chi connectivity index (χ4n) is 0.454. The largest absolute Gasteiger partial charge is 0.451 e. The van der Waals surface area contributed by atoms with E-state index in [1.54, 1.807) is 26.8 Å². The van der Waals surface area contributed by atoms with Crippen LogP contribution in [0.25, 0.3) is 0 Å². The van der Waals surface area contributed by atoms with Crippen molar-refractivity contribution in [3.63, 3.8) is 0 Å². The van der Waals surface area contributed by atoms with E-state index in [2.05, 4.69) is 0 Å². The Bertz CT molecular complexity index is 216. The standard InChI is InChI=1S/C9H14O3/c1-5-6(2)9(11)12-8(4)7(3)10/h5,8H,1-4H3/b6-5+. The van der Waals surface area contributed by atoms with Gasteiger partial charge in [-0.15, -0.1) is 0 Å². The summed E-state index contributed by atoms with van der Waals surface area (Å²) >= 11 is 0. The summed E-state index contributed by atoms with van der Waals surface area (Å²) in [6.07, 6.45) is 1.00. The highest BCUT2D eigenvalue weighted by atomic mass is 16.5. The maximum atomic E-state index is 11.0. The fourth-order valence-corrected chi connectivity index (χ4v) is 0.454. The highest BCUT2D eigenvalue weighted by Crippen LogP contribution is 2.00. The molecule has 0 saturated heterocycles. The minimum atomic E-state index is -0.646. The lowest BCUT2D eigenvalue weighted by molar-refractivity contribution is -0.149. The van der Waals surface area contributed by atoms with Gasteiger partial charge in [-0.05, 0) is 27.7 Å². The molecule has 0 aromatic rings. The molecule has 1 unspecified atom stereocenters. The van der Waals surface area contributed by atoms with Crippen molar-refractivity contribution in [2.45, 2.75) is 33.8 Å². The molecule has 0 bridgehead atoms. The average molecular weight is 170 g/mol. The normalized spacial score (nSPS) is 13.8. The van der Waals surface area contributed by atoms with Gasteiger partial charge in [0.1, 0.15) is 0 Å². The van der Waals surface area contributed by atoms with Gasteiger partial charge in [0.25, 0.3) is 0 Å². The zero-order chi connectivity index (χ0) is 9.72. The van der Waals surface area contributed by atoms with Crippen LogP contribution < -0.4 is 0 Å². The molecule has 0 aromatic carbocycles. The Labute approximate surface area is 72.4 Å². The van der Waals surface area contributed by atoms with Crippen molar-refractivity contribution in [1.82, 2.24) is 0 Å². The van der Waals surface area contributed by atoms with Crippen LogP contribution in [0.15, 0.2) is 11.6 Å². The number of carbonyl (C=O) groups excluding carboxylic acids is 2. The highest BCUT2D eigenvalue weighted by Gasteiger charge is 2.13. The first-order valence-corrected chi connectivity index (χ1v) is 3.83. The number of ether oxygens (including phenoxy) is 1. The fraction of sp³-hybridized carbons (Fsp3) is 0.556. The number of esters is 1. The molecule has 0 heterocycles. The molecule has 0 rings (SSSR count). The molecule has 0 fully saturated rings. The van der Waals surface area contributed by atoms with Gasteiger partial charge in [0.2, 0.25) is 0 Å². The monoisotopic (exact) mass is 170 g/mol. The maximum absolute atomic E-state index is 11.0. The number of allylic oxidation sites excluding steroid dienone is 1. The first-order valence-electron chi connectivity index (χ1n) is 3.83. The molecule has 68 valence electrons. The van der Waals surface area contributed by atoms with Crippen molar-refractivity contribution in [1.29, 1.82) is 0 Å². The number of carbonyl (C=O) groups is 2. The summed E-state index contributed by atoms with van der Waals surface area (Å²) in [7, 11) is 0. The van der Waals surface area contributed by atoms with Crippen LogP contribution in [0.5, 0.6) is 0 Å². The van der Waals surface area contributed by atoms with Gasteiger partial charge in [0, 0.05) is 5.57 Å². The number of hydrogen-bond donors (Lipinski definition) is 0. The van der Waals surface area contributed by atoms with Gasteiger partial charge in [-0.1, -0.05) is 6.08 Å². The van der Waals surface area contributed by atoms with Gasteiger partial charge in [0.05, 0.1) is 0 Å². The summed E-state index contributed by atoms with van der Waals surface area (Å²) in [5.41, 5.74) is 0.517. The molecular formula is C9H14O3. The van der Waals surface area contributed by atoms with Crippen LogP contribution in [0, 0.1) is 0 Å². The van der Waals surface area contributed by atoms with E-state index in [0.717, 1.165) is 0 Å². The molecule has 3 nitrogen and oxygen atoms in total. The van der Waals surface area contributed by atoms with Gasteiger partial charge < -0.3 is 4.74 Å². The zero-order valence-corrected chi connectivity index (χ0v) is 7.88. The van der Waals surface area contributed by atoms with Gasteiger partial charge >= 0.3 is 5.97 Å². The van der Waals surface area contributed by atoms with Crippen LogP contribution in [-0.4, -0.2) is 17.9 Å². The highest BCUT2D eigenvalue weighted by molar-refractivity contribution is 5.90. The molecule has 12 heavy (non-hydrogen) atoms. The van der Waals surface area contributed by atoms with Crippen molar-refractivity contribution in [3.05, 3.63) is 11.6 Å². The van der Waals surface area contributed by atoms with E-state index in [1.165, 1.54) is 6.92 Å². The minimum Gasteiger partial charge on any atom is -0.451 e. The molecule has 0 aromatic heterocycles. The Kier molecular flexibility index (Phi) is 4.26. The predicted molar refractivity (Wildman–Crippen MR) is 45.7 cm³/mol. The number of Topliss-reactive ketones (excluding diaryl/α,β-unsaturated/α-hetero) is 1. The summed E-state index contributed by atoms with van der Waals surface area (Å²) in [5.74, 6) is -0.576. The first-order chi connectivity index (χ1) is 5.49. The lowest BCUT2D eigenvalue weighted by Gasteiger charge is -2.09. The van der Waals surface area contributed by atoms with Gasteiger partial charge in [-0.2, -0.15) is 0 Å². The van der Waals surface area contributed by atoms with E-state index in [1.807, 2.05) is 0 Å². The summed E-state index contributed by atoms with van der Waals surface area (Å²) in [6, 6.07) is 0. The third-order valence-electron chi connectivity index (χ3n) is 1.61. The molecule has 0 radical (unpaired) electrons. The summed E-state index contributed by atoms with van der Waals surface area (Å²) in [6.45, 7) is 6.34. The number of rotatable bonds is 3. The zero-order valence-electron chi connectivity index (χ0n) is 7.88. The topological polar surface area (TPSA) is 43.4 Å². The SMILES string of the molecule is C/C=C(\C)C(=O)OC(C)C(C)=O. The molecule has 0 aliphatic rings. The molecule has 1 atom stereocenters. The summed E-state index contributed by atoms with van der Waals surface area (Å²) in [4.78, 5) is 21.7. The molecule has 0 aliphatic carbocycles.